The number of hydrogen-bond acceptors (Lipinski definition) is 6. The third kappa shape index (κ3) is 5.84. The van der Waals surface area contributed by atoms with E-state index in [2.05, 4.69) is 45.9 Å². The van der Waals surface area contributed by atoms with E-state index in [1.807, 2.05) is 30.8 Å². The molecule has 0 N–H and O–H groups in total. The number of hydrogen-bond donors (Lipinski definition) is 0. The average molecular weight is 424 g/mol. The van der Waals surface area contributed by atoms with Crippen LogP contribution >= 0.6 is 0 Å². The molecule has 0 radical (unpaired) electrons. The highest BCUT2D eigenvalue weighted by Gasteiger charge is 2.33. The maximum Gasteiger partial charge on any atom is 0.148 e. The Hall–Kier alpha value is -2.43. The zero-order chi connectivity index (χ0) is 21.8. The van der Waals surface area contributed by atoms with E-state index in [1.54, 1.807) is 6.20 Å². The Morgan fingerprint density at radius 1 is 1.29 bits per heavy atom. The lowest BCUT2D eigenvalue weighted by molar-refractivity contribution is 0.00370. The van der Waals surface area contributed by atoms with Gasteiger partial charge in [0.05, 0.1) is 31.5 Å². The summed E-state index contributed by atoms with van der Waals surface area (Å²) in [5, 5.41) is 8.62. The van der Waals surface area contributed by atoms with Crippen molar-refractivity contribution in [1.82, 2.24) is 24.9 Å². The third-order valence-corrected chi connectivity index (χ3v) is 5.50. The summed E-state index contributed by atoms with van der Waals surface area (Å²) in [7, 11) is 0. The van der Waals surface area contributed by atoms with Gasteiger partial charge < -0.3 is 9.47 Å². The summed E-state index contributed by atoms with van der Waals surface area (Å²) in [6.45, 7) is 13.1. The first kappa shape index (κ1) is 21.8. The van der Waals surface area contributed by atoms with Gasteiger partial charge in [0.25, 0.3) is 0 Å². The van der Waals surface area contributed by atoms with E-state index in [0.29, 0.717) is 29.1 Å². The van der Waals surface area contributed by atoms with Gasteiger partial charge >= 0.3 is 0 Å². The zero-order valence-corrected chi connectivity index (χ0v) is 19.1. The van der Waals surface area contributed by atoms with E-state index < -0.39 is 0 Å². The molecule has 7 heteroatoms. The molecular formula is C24H33N5O2. The van der Waals surface area contributed by atoms with Crippen molar-refractivity contribution in [1.29, 1.82) is 0 Å². The van der Waals surface area contributed by atoms with Crippen molar-refractivity contribution in [3.63, 3.8) is 0 Å². The molecule has 4 heterocycles. The normalized spacial score (nSPS) is 20.7. The van der Waals surface area contributed by atoms with Gasteiger partial charge in [-0.2, -0.15) is 0 Å². The Morgan fingerprint density at radius 3 is 2.84 bits per heavy atom. The van der Waals surface area contributed by atoms with E-state index in [-0.39, 0.29) is 12.2 Å². The molecule has 0 bridgehead atoms. The van der Waals surface area contributed by atoms with E-state index in [9.17, 15) is 0 Å². The van der Waals surface area contributed by atoms with Crippen LogP contribution in [0.15, 0.2) is 18.5 Å². The molecule has 0 spiro atoms. The highest BCUT2D eigenvalue weighted by molar-refractivity contribution is 5.63. The van der Waals surface area contributed by atoms with Crippen LogP contribution < -0.4 is 4.74 Å². The fourth-order valence-electron chi connectivity index (χ4n) is 4.23. The number of rotatable bonds is 6. The number of aromatic nitrogens is 4. The van der Waals surface area contributed by atoms with Crippen molar-refractivity contribution in [2.45, 2.75) is 65.7 Å². The van der Waals surface area contributed by atoms with Crippen molar-refractivity contribution in [3.05, 3.63) is 24.0 Å². The maximum atomic E-state index is 6.04. The summed E-state index contributed by atoms with van der Waals surface area (Å²) >= 11 is 0. The molecule has 31 heavy (non-hydrogen) atoms. The molecule has 4 rings (SSSR count). The fraction of sp³-hybridized carbons (Fsp3) is 0.625. The summed E-state index contributed by atoms with van der Waals surface area (Å²) in [6, 6.07) is 1.96. The lowest BCUT2D eigenvalue weighted by Gasteiger charge is -2.44. The van der Waals surface area contributed by atoms with Crippen molar-refractivity contribution in [2.75, 3.05) is 26.2 Å². The highest BCUT2D eigenvalue weighted by atomic mass is 16.5. The molecule has 7 nitrogen and oxygen atoms in total. The molecule has 0 unspecified atom stereocenters. The van der Waals surface area contributed by atoms with Crippen molar-refractivity contribution < 1.29 is 9.47 Å². The van der Waals surface area contributed by atoms with Crippen LogP contribution in [0, 0.1) is 17.3 Å². The van der Waals surface area contributed by atoms with Gasteiger partial charge in [0.2, 0.25) is 0 Å². The van der Waals surface area contributed by atoms with Crippen LogP contribution in [0.3, 0.4) is 0 Å². The lowest BCUT2D eigenvalue weighted by Crippen LogP contribution is -2.52. The van der Waals surface area contributed by atoms with E-state index in [0.717, 1.165) is 44.6 Å². The van der Waals surface area contributed by atoms with Gasteiger partial charge in [-0.15, -0.1) is 5.10 Å². The number of pyridine rings is 1. The van der Waals surface area contributed by atoms with Crippen LogP contribution in [0.4, 0.5) is 0 Å². The largest absolute Gasteiger partial charge is 0.489 e. The SMILES string of the molecule is CC(C)Oc1cc(C#CCN2CC(C)(C)C2)cnc1-c1cn(C[C@H]2CCCCO2)nn1. The Kier molecular flexibility index (Phi) is 6.59. The molecule has 166 valence electrons. The monoisotopic (exact) mass is 423 g/mol. The van der Waals surface area contributed by atoms with Gasteiger partial charge in [-0.1, -0.05) is 30.9 Å². The zero-order valence-electron chi connectivity index (χ0n) is 19.1. The van der Waals surface area contributed by atoms with Crippen LogP contribution in [0.25, 0.3) is 11.4 Å². The Balaban J connectivity index is 1.47. The first-order chi connectivity index (χ1) is 14.9. The number of ether oxygens (including phenoxy) is 2. The van der Waals surface area contributed by atoms with E-state index in [4.69, 9.17) is 9.47 Å². The third-order valence-electron chi connectivity index (χ3n) is 5.50. The minimum Gasteiger partial charge on any atom is -0.489 e. The summed E-state index contributed by atoms with van der Waals surface area (Å²) in [6.07, 6.45) is 7.36. The molecular weight excluding hydrogens is 390 g/mol. The fourth-order valence-corrected chi connectivity index (χ4v) is 4.23. The van der Waals surface area contributed by atoms with Crippen LogP contribution in [-0.2, 0) is 11.3 Å². The minimum absolute atomic E-state index is 0.0257. The Labute approximate surface area is 185 Å². The van der Waals surface area contributed by atoms with Gasteiger partial charge in [0.15, 0.2) is 0 Å². The van der Waals surface area contributed by atoms with Crippen molar-refractivity contribution in [3.8, 4) is 29.0 Å². The standard InChI is InChI=1S/C24H33N5O2/c1-18(2)31-22-12-19(8-7-10-28-16-24(3,4)17-28)13-25-23(22)21-15-29(27-26-21)14-20-9-5-6-11-30-20/h12-13,15,18,20H,5-6,9-11,14,16-17H2,1-4H3/t20-/m1/s1. The van der Waals surface area contributed by atoms with Crippen molar-refractivity contribution in [2.24, 2.45) is 5.41 Å². The second-order valence-electron chi connectivity index (χ2n) is 9.66. The molecule has 2 aliphatic rings. The molecule has 0 amide bonds. The second-order valence-corrected chi connectivity index (χ2v) is 9.66. The van der Waals surface area contributed by atoms with E-state index >= 15 is 0 Å². The predicted octanol–water partition coefficient (Wildman–Crippen LogP) is 3.39. The molecule has 2 saturated heterocycles. The maximum absolute atomic E-state index is 6.04. The minimum atomic E-state index is 0.0257. The van der Waals surface area contributed by atoms with Crippen LogP contribution in [0.5, 0.6) is 5.75 Å². The average Bonchev–Trinajstić information content (AvgIpc) is 3.15. The molecule has 2 aromatic heterocycles. The van der Waals surface area contributed by atoms with Crippen LogP contribution in [-0.4, -0.2) is 63.3 Å². The smallest absolute Gasteiger partial charge is 0.148 e. The van der Waals surface area contributed by atoms with Gasteiger partial charge in [0.1, 0.15) is 17.1 Å². The van der Waals surface area contributed by atoms with Crippen LogP contribution in [0.2, 0.25) is 0 Å². The summed E-state index contributed by atoms with van der Waals surface area (Å²) in [4.78, 5) is 6.98. The van der Waals surface area contributed by atoms with Gasteiger partial charge in [-0.3, -0.25) is 4.90 Å². The topological polar surface area (TPSA) is 65.3 Å². The summed E-state index contributed by atoms with van der Waals surface area (Å²) < 4.78 is 13.7. The molecule has 0 aliphatic carbocycles. The summed E-state index contributed by atoms with van der Waals surface area (Å²) in [5.74, 6) is 7.18. The van der Waals surface area contributed by atoms with E-state index in [1.165, 1.54) is 6.42 Å². The van der Waals surface area contributed by atoms with Gasteiger partial charge in [-0.25, -0.2) is 9.67 Å². The van der Waals surface area contributed by atoms with Gasteiger partial charge in [-0.05, 0) is 44.6 Å². The lowest BCUT2D eigenvalue weighted by atomic mass is 9.84. The molecule has 1 atom stereocenters. The first-order valence-corrected chi connectivity index (χ1v) is 11.3. The van der Waals surface area contributed by atoms with Gasteiger partial charge in [0, 0.05) is 31.5 Å². The number of nitrogens with zero attached hydrogens (tertiary/aromatic N) is 5. The predicted molar refractivity (Wildman–Crippen MR) is 120 cm³/mol. The van der Waals surface area contributed by atoms with Crippen molar-refractivity contribution >= 4 is 0 Å². The first-order valence-electron chi connectivity index (χ1n) is 11.3. The molecule has 0 saturated carbocycles. The second kappa shape index (κ2) is 9.37. The highest BCUT2D eigenvalue weighted by Crippen LogP contribution is 2.29. The van der Waals surface area contributed by atoms with Crippen LogP contribution in [0.1, 0.15) is 52.5 Å². The Morgan fingerprint density at radius 2 is 2.13 bits per heavy atom. The Bertz CT molecular complexity index is 942. The quantitative estimate of drug-likeness (QED) is 0.664. The summed E-state index contributed by atoms with van der Waals surface area (Å²) in [5.41, 5.74) is 2.67. The molecule has 2 aliphatic heterocycles. The molecule has 0 aromatic carbocycles. The number of likely N-dealkylation sites (tertiary alicyclic amines) is 1. The molecule has 2 aromatic rings. The molecule has 2 fully saturated rings.